The first-order valence-corrected chi connectivity index (χ1v) is 7.53. The van der Waals surface area contributed by atoms with Crippen molar-refractivity contribution in [2.75, 3.05) is 5.32 Å². The fourth-order valence-corrected chi connectivity index (χ4v) is 2.82. The summed E-state index contributed by atoms with van der Waals surface area (Å²) in [4.78, 5) is 25.8. The Balaban J connectivity index is 2.01. The molecule has 0 aliphatic heterocycles. The Morgan fingerprint density at radius 2 is 1.95 bits per heavy atom. The van der Waals surface area contributed by atoms with Gasteiger partial charge in [-0.3, -0.25) is 4.79 Å². The predicted molar refractivity (Wildman–Crippen MR) is 83.7 cm³/mol. The molecule has 1 heterocycles. The summed E-state index contributed by atoms with van der Waals surface area (Å²) in [6.45, 7) is 5.16. The average molecular weight is 321 g/mol. The summed E-state index contributed by atoms with van der Waals surface area (Å²) >= 11 is 1.49. The van der Waals surface area contributed by atoms with E-state index in [-0.39, 0.29) is 5.69 Å². The van der Waals surface area contributed by atoms with Crippen molar-refractivity contribution in [1.82, 2.24) is 0 Å². The zero-order chi connectivity index (χ0) is 16.3. The third-order valence-corrected chi connectivity index (χ3v) is 4.01. The smallest absolute Gasteiger partial charge is 0.340 e. The highest BCUT2D eigenvalue weighted by atomic mass is 32.1. The van der Waals surface area contributed by atoms with Crippen molar-refractivity contribution in [2.24, 2.45) is 0 Å². The number of nitrogens with one attached hydrogen (secondary N) is 1. The van der Waals surface area contributed by atoms with Gasteiger partial charge in [0.15, 0.2) is 6.10 Å². The minimum Gasteiger partial charge on any atom is -0.449 e. The predicted octanol–water partition coefficient (Wildman–Crippen LogP) is 3.69. The lowest BCUT2D eigenvalue weighted by Gasteiger charge is -2.13. The van der Waals surface area contributed by atoms with Gasteiger partial charge in [0.05, 0.1) is 11.3 Å². The lowest BCUT2D eigenvalue weighted by molar-refractivity contribution is -0.123. The SMILES string of the molecule is Cc1cc(C(=O)O[C@@H](C)C(=O)Nc2ccccc2F)c(C)s1. The van der Waals surface area contributed by atoms with Crippen LogP contribution in [0.2, 0.25) is 0 Å². The third-order valence-electron chi connectivity index (χ3n) is 3.05. The standard InChI is InChI=1S/C16H16FNO3S/c1-9-8-12(11(3)22-9)16(20)21-10(2)15(19)18-14-7-5-4-6-13(14)17/h4-8,10H,1-3H3,(H,18,19)/t10-/m0/s1. The van der Waals surface area contributed by atoms with Crippen molar-refractivity contribution >= 4 is 28.9 Å². The molecule has 0 spiro atoms. The summed E-state index contributed by atoms with van der Waals surface area (Å²) in [7, 11) is 0. The second-order valence-electron chi connectivity index (χ2n) is 4.84. The van der Waals surface area contributed by atoms with Gasteiger partial charge in [-0.05, 0) is 39.0 Å². The molecule has 116 valence electrons. The molecule has 1 aromatic carbocycles. The molecule has 1 aromatic heterocycles. The van der Waals surface area contributed by atoms with Gasteiger partial charge < -0.3 is 10.1 Å². The number of benzene rings is 1. The number of carbonyl (C=O) groups excluding carboxylic acids is 2. The van der Waals surface area contributed by atoms with Crippen LogP contribution in [0.3, 0.4) is 0 Å². The lowest BCUT2D eigenvalue weighted by atomic mass is 10.2. The summed E-state index contributed by atoms with van der Waals surface area (Å²) in [5.74, 6) is -1.68. The number of thiophene rings is 1. The van der Waals surface area contributed by atoms with Crippen LogP contribution in [-0.2, 0) is 9.53 Å². The number of carbonyl (C=O) groups is 2. The van der Waals surface area contributed by atoms with E-state index >= 15 is 0 Å². The minimum atomic E-state index is -1.02. The summed E-state index contributed by atoms with van der Waals surface area (Å²) < 4.78 is 18.6. The molecule has 0 aliphatic carbocycles. The molecule has 0 fully saturated rings. The molecule has 22 heavy (non-hydrogen) atoms. The molecule has 2 rings (SSSR count). The third kappa shape index (κ3) is 3.71. The molecule has 0 saturated carbocycles. The molecule has 4 nitrogen and oxygen atoms in total. The quantitative estimate of drug-likeness (QED) is 0.874. The van der Waals surface area contributed by atoms with Crippen LogP contribution in [-0.4, -0.2) is 18.0 Å². The van der Waals surface area contributed by atoms with Crippen molar-refractivity contribution in [3.63, 3.8) is 0 Å². The van der Waals surface area contributed by atoms with Gasteiger partial charge in [0.25, 0.3) is 5.91 Å². The first kappa shape index (κ1) is 16.2. The summed E-state index contributed by atoms with van der Waals surface area (Å²) in [5, 5.41) is 2.40. The van der Waals surface area contributed by atoms with Gasteiger partial charge in [0.2, 0.25) is 0 Å². The van der Waals surface area contributed by atoms with Gasteiger partial charge in [-0.25, -0.2) is 9.18 Å². The number of esters is 1. The zero-order valence-corrected chi connectivity index (χ0v) is 13.3. The van der Waals surface area contributed by atoms with E-state index in [2.05, 4.69) is 5.32 Å². The molecule has 6 heteroatoms. The summed E-state index contributed by atoms with van der Waals surface area (Å²) in [5.41, 5.74) is 0.506. The highest BCUT2D eigenvalue weighted by Crippen LogP contribution is 2.22. The molecule has 1 amide bonds. The van der Waals surface area contributed by atoms with Crippen molar-refractivity contribution in [1.29, 1.82) is 0 Å². The molecule has 0 bridgehead atoms. The molecular weight excluding hydrogens is 305 g/mol. The van der Waals surface area contributed by atoms with E-state index in [0.29, 0.717) is 5.56 Å². The van der Waals surface area contributed by atoms with Crippen LogP contribution in [0.4, 0.5) is 10.1 Å². The van der Waals surface area contributed by atoms with E-state index in [4.69, 9.17) is 4.74 Å². The van der Waals surface area contributed by atoms with E-state index < -0.39 is 23.8 Å². The fraction of sp³-hybridized carbons (Fsp3) is 0.250. The Hall–Kier alpha value is -2.21. The number of hydrogen-bond donors (Lipinski definition) is 1. The monoisotopic (exact) mass is 321 g/mol. The van der Waals surface area contributed by atoms with E-state index in [1.54, 1.807) is 12.1 Å². The van der Waals surface area contributed by atoms with Gasteiger partial charge in [-0.1, -0.05) is 12.1 Å². The van der Waals surface area contributed by atoms with Crippen LogP contribution in [0.15, 0.2) is 30.3 Å². The first-order chi connectivity index (χ1) is 10.4. The van der Waals surface area contributed by atoms with Crippen LogP contribution in [0.25, 0.3) is 0 Å². The Bertz CT molecular complexity index is 711. The fourth-order valence-electron chi connectivity index (χ4n) is 1.91. The van der Waals surface area contributed by atoms with Crippen LogP contribution in [0, 0.1) is 19.7 Å². The van der Waals surface area contributed by atoms with Gasteiger partial charge in [-0.15, -0.1) is 11.3 Å². The lowest BCUT2D eigenvalue weighted by Crippen LogP contribution is -2.30. The Morgan fingerprint density at radius 3 is 2.55 bits per heavy atom. The Labute approximate surface area is 131 Å². The number of aryl methyl sites for hydroxylation is 2. The van der Waals surface area contributed by atoms with E-state index in [9.17, 15) is 14.0 Å². The number of halogens is 1. The second kappa shape index (κ2) is 6.70. The van der Waals surface area contributed by atoms with Crippen LogP contribution in [0.1, 0.15) is 27.0 Å². The maximum Gasteiger partial charge on any atom is 0.340 e. The van der Waals surface area contributed by atoms with Crippen molar-refractivity contribution in [2.45, 2.75) is 26.9 Å². The maximum absolute atomic E-state index is 13.5. The second-order valence-corrected chi connectivity index (χ2v) is 6.30. The molecule has 1 N–H and O–H groups in total. The van der Waals surface area contributed by atoms with E-state index in [1.807, 2.05) is 13.8 Å². The van der Waals surface area contributed by atoms with Gasteiger partial charge in [0.1, 0.15) is 5.82 Å². The van der Waals surface area contributed by atoms with Gasteiger partial charge in [0, 0.05) is 9.75 Å². The molecule has 0 saturated heterocycles. The Morgan fingerprint density at radius 1 is 1.27 bits per heavy atom. The number of anilines is 1. The molecular formula is C16H16FNO3S. The number of hydrogen-bond acceptors (Lipinski definition) is 4. The van der Waals surface area contributed by atoms with E-state index in [1.165, 1.54) is 36.5 Å². The zero-order valence-electron chi connectivity index (χ0n) is 12.5. The van der Waals surface area contributed by atoms with Gasteiger partial charge in [-0.2, -0.15) is 0 Å². The number of para-hydroxylation sites is 1. The number of ether oxygens (including phenoxy) is 1. The highest BCUT2D eigenvalue weighted by Gasteiger charge is 2.21. The topological polar surface area (TPSA) is 55.4 Å². The molecule has 1 atom stereocenters. The first-order valence-electron chi connectivity index (χ1n) is 6.72. The summed E-state index contributed by atoms with van der Waals surface area (Å²) in [6, 6.07) is 7.53. The van der Waals surface area contributed by atoms with Gasteiger partial charge >= 0.3 is 5.97 Å². The number of amides is 1. The van der Waals surface area contributed by atoms with Crippen molar-refractivity contribution in [3.8, 4) is 0 Å². The molecule has 0 unspecified atom stereocenters. The largest absolute Gasteiger partial charge is 0.449 e. The minimum absolute atomic E-state index is 0.0537. The molecule has 0 radical (unpaired) electrons. The normalized spacial score (nSPS) is 11.8. The van der Waals surface area contributed by atoms with E-state index in [0.717, 1.165) is 9.75 Å². The van der Waals surface area contributed by atoms with Crippen molar-refractivity contribution < 1.29 is 18.7 Å². The maximum atomic E-state index is 13.5. The van der Waals surface area contributed by atoms with Crippen LogP contribution < -0.4 is 5.32 Å². The molecule has 2 aromatic rings. The van der Waals surface area contributed by atoms with Crippen molar-refractivity contribution in [3.05, 3.63) is 51.5 Å². The highest BCUT2D eigenvalue weighted by molar-refractivity contribution is 7.12. The summed E-state index contributed by atoms with van der Waals surface area (Å²) in [6.07, 6.45) is -1.02. The average Bonchev–Trinajstić information content (AvgIpc) is 2.80. The van der Waals surface area contributed by atoms with Crippen LogP contribution >= 0.6 is 11.3 Å². The molecule has 0 aliphatic rings. The van der Waals surface area contributed by atoms with Crippen LogP contribution in [0.5, 0.6) is 0 Å². The number of rotatable bonds is 4. The Kier molecular flexibility index (Phi) is 4.92.